The van der Waals surface area contributed by atoms with Crippen LogP contribution in [0.1, 0.15) is 55.7 Å². The van der Waals surface area contributed by atoms with Crippen molar-refractivity contribution in [1.29, 1.82) is 0 Å². The van der Waals surface area contributed by atoms with Crippen LogP contribution in [0.4, 0.5) is 0 Å². The predicted molar refractivity (Wildman–Crippen MR) is 74.8 cm³/mol. The Morgan fingerprint density at radius 2 is 2.22 bits per heavy atom. The molecule has 1 aromatic heterocycles. The van der Waals surface area contributed by atoms with Gasteiger partial charge in [-0.25, -0.2) is 0 Å². The molecule has 0 fully saturated rings. The zero-order chi connectivity index (χ0) is 13.3. The Balaban J connectivity index is 2.43. The van der Waals surface area contributed by atoms with Crippen LogP contribution in [0.5, 0.6) is 0 Å². The van der Waals surface area contributed by atoms with E-state index in [9.17, 15) is 0 Å². The van der Waals surface area contributed by atoms with E-state index >= 15 is 0 Å². The number of methoxy groups -OCH3 is 1. The van der Waals surface area contributed by atoms with Crippen molar-refractivity contribution in [3.05, 3.63) is 23.0 Å². The summed E-state index contributed by atoms with van der Waals surface area (Å²) in [4.78, 5) is 0. The third-order valence-corrected chi connectivity index (χ3v) is 4.14. The van der Waals surface area contributed by atoms with Gasteiger partial charge >= 0.3 is 0 Å². The van der Waals surface area contributed by atoms with E-state index < -0.39 is 0 Å². The smallest absolute Gasteiger partial charge is 0.0672 e. The van der Waals surface area contributed by atoms with E-state index in [1.807, 2.05) is 0 Å². The minimum absolute atomic E-state index is 0.226. The van der Waals surface area contributed by atoms with Gasteiger partial charge in [-0.05, 0) is 43.7 Å². The second-order valence-corrected chi connectivity index (χ2v) is 5.82. The number of ether oxygens (including phenoxy) is 1. The van der Waals surface area contributed by atoms with Crippen molar-refractivity contribution in [3.8, 4) is 0 Å². The lowest BCUT2D eigenvalue weighted by Crippen LogP contribution is -2.25. The first-order valence-corrected chi connectivity index (χ1v) is 7.01. The summed E-state index contributed by atoms with van der Waals surface area (Å²) < 4.78 is 7.88. The summed E-state index contributed by atoms with van der Waals surface area (Å²) in [6, 6.07) is 2.93. The summed E-state index contributed by atoms with van der Waals surface area (Å²) in [6.07, 6.45) is 3.48. The number of fused-ring (bicyclic) bond motifs is 1. The second-order valence-electron chi connectivity index (χ2n) is 5.82. The molecular formula is C15H26N2O. The standard InChI is InChI=1S/C15H26N2O/c1-10(2)15(9-18-4)17-11(3)8-12-13(16)6-5-7-14(12)17/h8,10,13,15H,5-7,9,16H2,1-4H3. The molecule has 18 heavy (non-hydrogen) atoms. The molecule has 2 N–H and O–H groups in total. The molecule has 0 bridgehead atoms. The van der Waals surface area contributed by atoms with Crippen molar-refractivity contribution < 1.29 is 4.74 Å². The van der Waals surface area contributed by atoms with E-state index in [1.165, 1.54) is 23.4 Å². The molecule has 0 aliphatic heterocycles. The highest BCUT2D eigenvalue weighted by atomic mass is 16.5. The first-order chi connectivity index (χ1) is 8.56. The van der Waals surface area contributed by atoms with Crippen LogP contribution in [-0.2, 0) is 11.2 Å². The highest BCUT2D eigenvalue weighted by Gasteiger charge is 2.26. The van der Waals surface area contributed by atoms with Gasteiger partial charge < -0.3 is 15.0 Å². The number of hydrogen-bond acceptors (Lipinski definition) is 2. The van der Waals surface area contributed by atoms with E-state index in [2.05, 4.69) is 31.4 Å². The topological polar surface area (TPSA) is 40.2 Å². The fourth-order valence-electron chi connectivity index (χ4n) is 3.16. The van der Waals surface area contributed by atoms with Gasteiger partial charge in [-0.2, -0.15) is 0 Å². The number of aromatic nitrogens is 1. The molecule has 2 rings (SSSR count). The number of hydrogen-bond donors (Lipinski definition) is 1. The zero-order valence-electron chi connectivity index (χ0n) is 12.1. The molecule has 102 valence electrons. The van der Waals surface area contributed by atoms with Crippen molar-refractivity contribution in [2.45, 2.75) is 52.1 Å². The van der Waals surface area contributed by atoms with Crippen LogP contribution in [-0.4, -0.2) is 18.3 Å². The molecular weight excluding hydrogens is 224 g/mol. The lowest BCUT2D eigenvalue weighted by Gasteiger charge is -2.29. The lowest BCUT2D eigenvalue weighted by atomic mass is 9.93. The Morgan fingerprint density at radius 1 is 1.50 bits per heavy atom. The van der Waals surface area contributed by atoms with Gasteiger partial charge in [-0.1, -0.05) is 13.8 Å². The normalized spacial score (nSPS) is 21.1. The number of aryl methyl sites for hydroxylation is 1. The van der Waals surface area contributed by atoms with Crippen molar-refractivity contribution in [2.75, 3.05) is 13.7 Å². The van der Waals surface area contributed by atoms with Crippen LogP contribution >= 0.6 is 0 Å². The highest BCUT2D eigenvalue weighted by Crippen LogP contribution is 2.34. The van der Waals surface area contributed by atoms with Gasteiger partial charge in [0.1, 0.15) is 0 Å². The molecule has 2 unspecified atom stereocenters. The summed E-state index contributed by atoms with van der Waals surface area (Å²) in [5.74, 6) is 0.568. The van der Waals surface area contributed by atoms with Gasteiger partial charge in [-0.3, -0.25) is 0 Å². The third-order valence-electron chi connectivity index (χ3n) is 4.14. The molecule has 1 aliphatic carbocycles. The number of nitrogens with zero attached hydrogens (tertiary/aromatic N) is 1. The maximum atomic E-state index is 6.23. The molecule has 1 aliphatic rings. The highest BCUT2D eigenvalue weighted by molar-refractivity contribution is 5.33. The molecule has 3 nitrogen and oxygen atoms in total. The lowest BCUT2D eigenvalue weighted by molar-refractivity contribution is 0.130. The van der Waals surface area contributed by atoms with Crippen molar-refractivity contribution in [2.24, 2.45) is 11.7 Å². The second kappa shape index (κ2) is 5.45. The van der Waals surface area contributed by atoms with Crippen LogP contribution in [0.25, 0.3) is 0 Å². The van der Waals surface area contributed by atoms with Gasteiger partial charge in [0.15, 0.2) is 0 Å². The Morgan fingerprint density at radius 3 is 2.83 bits per heavy atom. The first-order valence-electron chi connectivity index (χ1n) is 7.01. The Labute approximate surface area is 110 Å². The minimum Gasteiger partial charge on any atom is -0.383 e. The third kappa shape index (κ3) is 2.34. The summed E-state index contributed by atoms with van der Waals surface area (Å²) in [6.45, 7) is 7.49. The zero-order valence-corrected chi connectivity index (χ0v) is 12.1. The Kier molecular flexibility index (Phi) is 4.13. The number of nitrogens with two attached hydrogens (primary N) is 1. The Hall–Kier alpha value is -0.800. The summed E-state index contributed by atoms with van der Waals surface area (Å²) in [5.41, 5.74) is 10.4. The van der Waals surface area contributed by atoms with Crippen LogP contribution in [0.2, 0.25) is 0 Å². The summed E-state index contributed by atoms with van der Waals surface area (Å²) in [5, 5.41) is 0. The molecule has 0 saturated carbocycles. The van der Waals surface area contributed by atoms with E-state index in [1.54, 1.807) is 7.11 Å². The van der Waals surface area contributed by atoms with E-state index in [0.717, 1.165) is 19.4 Å². The molecule has 0 radical (unpaired) electrons. The van der Waals surface area contributed by atoms with E-state index in [4.69, 9.17) is 10.5 Å². The van der Waals surface area contributed by atoms with Crippen molar-refractivity contribution >= 4 is 0 Å². The molecule has 0 aromatic carbocycles. The fourth-order valence-corrected chi connectivity index (χ4v) is 3.16. The van der Waals surface area contributed by atoms with Gasteiger partial charge in [0.25, 0.3) is 0 Å². The maximum Gasteiger partial charge on any atom is 0.0672 e. The fraction of sp³-hybridized carbons (Fsp3) is 0.733. The quantitative estimate of drug-likeness (QED) is 0.892. The number of rotatable bonds is 4. The largest absolute Gasteiger partial charge is 0.383 e. The van der Waals surface area contributed by atoms with Gasteiger partial charge in [-0.15, -0.1) is 0 Å². The molecule has 1 aromatic rings. The molecule has 2 atom stereocenters. The summed E-state index contributed by atoms with van der Waals surface area (Å²) >= 11 is 0. The van der Waals surface area contributed by atoms with Gasteiger partial charge in [0.2, 0.25) is 0 Å². The van der Waals surface area contributed by atoms with Gasteiger partial charge in [0.05, 0.1) is 12.6 Å². The van der Waals surface area contributed by atoms with Crippen LogP contribution in [0, 0.1) is 12.8 Å². The molecule has 0 saturated heterocycles. The molecule has 1 heterocycles. The molecule has 0 spiro atoms. The molecule has 0 amide bonds. The van der Waals surface area contributed by atoms with Crippen molar-refractivity contribution in [3.63, 3.8) is 0 Å². The van der Waals surface area contributed by atoms with E-state index in [0.29, 0.717) is 12.0 Å². The maximum absolute atomic E-state index is 6.23. The van der Waals surface area contributed by atoms with E-state index in [-0.39, 0.29) is 6.04 Å². The predicted octanol–water partition coefficient (Wildman–Crippen LogP) is 2.98. The Bertz CT molecular complexity index is 409. The molecule has 3 heteroatoms. The van der Waals surface area contributed by atoms with Gasteiger partial charge in [0, 0.05) is 24.5 Å². The average Bonchev–Trinajstić information content (AvgIpc) is 2.64. The van der Waals surface area contributed by atoms with Crippen molar-refractivity contribution in [1.82, 2.24) is 4.57 Å². The van der Waals surface area contributed by atoms with Crippen LogP contribution in [0.3, 0.4) is 0 Å². The minimum atomic E-state index is 0.226. The summed E-state index contributed by atoms with van der Waals surface area (Å²) in [7, 11) is 1.78. The average molecular weight is 250 g/mol. The SMILES string of the molecule is COCC(C(C)C)n1c(C)cc2c1CCCC2N. The first kappa shape index (κ1) is 13.6. The van der Waals surface area contributed by atoms with Crippen LogP contribution < -0.4 is 5.73 Å². The van der Waals surface area contributed by atoms with Crippen LogP contribution in [0.15, 0.2) is 6.07 Å². The monoisotopic (exact) mass is 250 g/mol.